The molecule has 6 rings (SSSR count). The van der Waals surface area contributed by atoms with Crippen molar-refractivity contribution in [2.75, 3.05) is 30.9 Å². The molecule has 2 aliphatic heterocycles. The first-order chi connectivity index (χ1) is 17.5. The molecule has 2 saturated carbocycles. The lowest BCUT2D eigenvalue weighted by Crippen LogP contribution is -2.48. The molecule has 0 radical (unpaired) electrons. The average molecular weight is 500 g/mol. The summed E-state index contributed by atoms with van der Waals surface area (Å²) in [4.78, 5) is 19.2. The van der Waals surface area contributed by atoms with Crippen molar-refractivity contribution in [1.29, 1.82) is 0 Å². The molecule has 12 heteroatoms. The first-order valence-electron chi connectivity index (χ1n) is 12.4. The third kappa shape index (κ3) is 4.18. The minimum atomic E-state index is -1.00. The number of anilines is 2. The minimum Gasteiger partial charge on any atom is -0.373 e. The van der Waals surface area contributed by atoms with Crippen LogP contribution in [-0.4, -0.2) is 81.0 Å². The second-order valence-electron chi connectivity index (χ2n) is 9.65. The number of rotatable bonds is 6. The van der Waals surface area contributed by atoms with Gasteiger partial charge >= 0.3 is 0 Å². The van der Waals surface area contributed by atoms with Gasteiger partial charge in [-0.15, -0.1) is 0 Å². The molecule has 1 amide bonds. The Morgan fingerprint density at radius 1 is 1.28 bits per heavy atom. The quantitative estimate of drug-likeness (QED) is 0.470. The van der Waals surface area contributed by atoms with Gasteiger partial charge in [0.2, 0.25) is 0 Å². The number of carbonyl (C=O) groups is 1. The van der Waals surface area contributed by atoms with Crippen LogP contribution in [0.4, 0.5) is 16.0 Å². The molecule has 11 nitrogen and oxygen atoms in total. The number of alkyl halides is 1. The Kier molecular flexibility index (Phi) is 5.81. The highest BCUT2D eigenvalue weighted by Crippen LogP contribution is 2.38. The Morgan fingerprint density at radius 2 is 2.03 bits per heavy atom. The van der Waals surface area contributed by atoms with Crippen LogP contribution in [0.25, 0.3) is 5.65 Å². The zero-order valence-electron chi connectivity index (χ0n) is 20.0. The van der Waals surface area contributed by atoms with Crippen LogP contribution >= 0.6 is 0 Å². The third-order valence-electron chi connectivity index (χ3n) is 7.32. The molecule has 2 aromatic heterocycles. The van der Waals surface area contributed by atoms with E-state index >= 15 is 0 Å². The SMILES string of the molecule is CNc1cc(NC2=CC=CN(C3CCC4(CC3)OCCO4)C2O)nc2c(C(=O)N[C@@H]3C[C@@H]3F)cnn12. The molecule has 2 aliphatic carbocycles. The number of nitrogens with one attached hydrogen (secondary N) is 3. The Morgan fingerprint density at radius 3 is 2.72 bits per heavy atom. The summed E-state index contributed by atoms with van der Waals surface area (Å²) >= 11 is 0. The fourth-order valence-corrected chi connectivity index (χ4v) is 5.20. The molecule has 1 saturated heterocycles. The number of fused-ring (bicyclic) bond motifs is 1. The number of amides is 1. The van der Waals surface area contributed by atoms with E-state index in [0.29, 0.717) is 42.6 Å². The van der Waals surface area contributed by atoms with Crippen molar-refractivity contribution >= 4 is 23.2 Å². The Labute approximate surface area is 207 Å². The van der Waals surface area contributed by atoms with Crippen LogP contribution in [0.3, 0.4) is 0 Å². The van der Waals surface area contributed by atoms with Gasteiger partial charge in [-0.05, 0) is 25.0 Å². The summed E-state index contributed by atoms with van der Waals surface area (Å²) in [5, 5.41) is 24.4. The van der Waals surface area contributed by atoms with E-state index < -0.39 is 30.1 Å². The fourth-order valence-electron chi connectivity index (χ4n) is 5.20. The highest BCUT2D eigenvalue weighted by Gasteiger charge is 2.42. The average Bonchev–Trinajstić information content (AvgIpc) is 3.24. The molecule has 192 valence electrons. The maximum atomic E-state index is 13.3. The highest BCUT2D eigenvalue weighted by molar-refractivity contribution is 6.00. The van der Waals surface area contributed by atoms with Crippen molar-refractivity contribution in [2.24, 2.45) is 0 Å². The number of hydrogen-bond donors (Lipinski definition) is 4. The normalized spacial score (nSPS) is 27.4. The number of carbonyl (C=O) groups excluding carboxylic acids is 1. The molecule has 1 unspecified atom stereocenters. The molecule has 3 atom stereocenters. The Balaban J connectivity index is 1.19. The van der Waals surface area contributed by atoms with Crippen molar-refractivity contribution < 1.29 is 23.8 Å². The van der Waals surface area contributed by atoms with Gasteiger partial charge in [0.05, 0.1) is 31.1 Å². The van der Waals surface area contributed by atoms with Crippen LogP contribution in [-0.2, 0) is 9.47 Å². The molecule has 2 aromatic rings. The van der Waals surface area contributed by atoms with E-state index in [0.717, 1.165) is 25.7 Å². The van der Waals surface area contributed by atoms with E-state index in [1.807, 2.05) is 17.2 Å². The summed E-state index contributed by atoms with van der Waals surface area (Å²) in [6, 6.07) is 1.44. The molecule has 36 heavy (non-hydrogen) atoms. The zero-order valence-corrected chi connectivity index (χ0v) is 20.0. The molecule has 4 heterocycles. The second-order valence-corrected chi connectivity index (χ2v) is 9.65. The Hall–Kier alpha value is -3.22. The number of aliphatic hydroxyl groups excluding tert-OH is 1. The number of ether oxygens (including phenoxy) is 2. The van der Waals surface area contributed by atoms with Gasteiger partial charge in [-0.3, -0.25) is 4.79 Å². The molecular weight excluding hydrogens is 469 g/mol. The maximum absolute atomic E-state index is 13.3. The summed E-state index contributed by atoms with van der Waals surface area (Å²) in [6.45, 7) is 1.27. The van der Waals surface area contributed by atoms with Crippen molar-refractivity contribution in [2.45, 2.75) is 62.4 Å². The van der Waals surface area contributed by atoms with Crippen LogP contribution in [0, 0.1) is 0 Å². The van der Waals surface area contributed by atoms with Gasteiger partial charge in [0.25, 0.3) is 5.91 Å². The lowest BCUT2D eigenvalue weighted by Gasteiger charge is -2.43. The smallest absolute Gasteiger partial charge is 0.257 e. The van der Waals surface area contributed by atoms with Crippen molar-refractivity contribution in [3.05, 3.63) is 41.9 Å². The van der Waals surface area contributed by atoms with E-state index in [9.17, 15) is 14.3 Å². The molecule has 1 spiro atoms. The fraction of sp³-hybridized carbons (Fsp3) is 0.542. The van der Waals surface area contributed by atoms with E-state index in [2.05, 4.69) is 26.0 Å². The molecule has 4 N–H and O–H groups in total. The van der Waals surface area contributed by atoms with Gasteiger partial charge in [-0.2, -0.15) is 9.61 Å². The lowest BCUT2D eigenvalue weighted by molar-refractivity contribution is -0.185. The molecule has 4 aliphatic rings. The summed E-state index contributed by atoms with van der Waals surface area (Å²) in [5.74, 6) is 0.162. The highest BCUT2D eigenvalue weighted by atomic mass is 19.1. The van der Waals surface area contributed by atoms with Crippen LogP contribution in [0.2, 0.25) is 0 Å². The van der Waals surface area contributed by atoms with Gasteiger partial charge in [-0.1, -0.05) is 0 Å². The summed E-state index contributed by atoms with van der Waals surface area (Å²) < 4.78 is 26.5. The van der Waals surface area contributed by atoms with Gasteiger partial charge in [0, 0.05) is 44.6 Å². The van der Waals surface area contributed by atoms with E-state index in [1.165, 1.54) is 10.7 Å². The van der Waals surface area contributed by atoms with Gasteiger partial charge in [0.1, 0.15) is 23.4 Å². The van der Waals surface area contributed by atoms with Crippen LogP contribution in [0.1, 0.15) is 42.5 Å². The summed E-state index contributed by atoms with van der Waals surface area (Å²) in [6.07, 6.45) is 8.73. The van der Waals surface area contributed by atoms with Crippen molar-refractivity contribution in [3.8, 4) is 0 Å². The number of aromatic nitrogens is 3. The van der Waals surface area contributed by atoms with Gasteiger partial charge in [0.15, 0.2) is 17.7 Å². The van der Waals surface area contributed by atoms with Crippen LogP contribution < -0.4 is 16.0 Å². The van der Waals surface area contributed by atoms with E-state index in [-0.39, 0.29) is 11.6 Å². The van der Waals surface area contributed by atoms with Crippen LogP contribution in [0.5, 0.6) is 0 Å². The van der Waals surface area contributed by atoms with Gasteiger partial charge < -0.3 is 35.4 Å². The number of allylic oxidation sites excluding steroid dienone is 2. The molecule has 0 bridgehead atoms. The molecule has 0 aromatic carbocycles. The topological polar surface area (TPSA) is 125 Å². The summed E-state index contributed by atoms with van der Waals surface area (Å²) in [5.41, 5.74) is 1.14. The monoisotopic (exact) mass is 499 g/mol. The maximum Gasteiger partial charge on any atom is 0.257 e. The number of nitrogens with zero attached hydrogens (tertiary/aromatic N) is 4. The third-order valence-corrected chi connectivity index (χ3v) is 7.32. The van der Waals surface area contributed by atoms with E-state index in [4.69, 9.17) is 9.47 Å². The first kappa shape index (κ1) is 23.2. The standard InChI is InChI=1S/C24H30FN7O4/c1-26-20-12-19(30-21-15(13-27-32(20)21)22(33)29-18-11-16(18)25)28-17-3-2-8-31(23(17)34)14-4-6-24(7-5-14)35-9-10-36-24/h2-3,8,12-14,16,18,23,26,34H,4-7,9-11H2,1H3,(H,28,30)(H,29,33)/t16-,18+,23?/m0/s1. The van der Waals surface area contributed by atoms with Gasteiger partial charge in [-0.25, -0.2) is 9.37 Å². The zero-order chi connectivity index (χ0) is 24.9. The predicted molar refractivity (Wildman–Crippen MR) is 129 cm³/mol. The largest absolute Gasteiger partial charge is 0.373 e. The lowest BCUT2D eigenvalue weighted by atomic mass is 9.88. The van der Waals surface area contributed by atoms with E-state index in [1.54, 1.807) is 19.2 Å². The minimum absolute atomic E-state index is 0.148. The Bertz CT molecular complexity index is 1210. The number of aliphatic hydroxyl groups is 1. The number of halogens is 1. The number of hydrogen-bond acceptors (Lipinski definition) is 9. The summed E-state index contributed by atoms with van der Waals surface area (Å²) in [7, 11) is 1.74. The van der Waals surface area contributed by atoms with Crippen molar-refractivity contribution in [3.63, 3.8) is 0 Å². The van der Waals surface area contributed by atoms with Crippen LogP contribution in [0.15, 0.2) is 36.3 Å². The molecule has 3 fully saturated rings. The molecular formula is C24H30FN7O4. The van der Waals surface area contributed by atoms with Crippen molar-refractivity contribution in [1.82, 2.24) is 24.8 Å². The first-order valence-corrected chi connectivity index (χ1v) is 12.4. The predicted octanol–water partition coefficient (Wildman–Crippen LogP) is 1.74. The second kappa shape index (κ2) is 9.02.